The third-order valence-corrected chi connectivity index (χ3v) is 2.77. The monoisotopic (exact) mass is 308 g/mol. The second kappa shape index (κ2) is 6.17. The maximum atomic E-state index is 13.1. The van der Waals surface area contributed by atoms with Gasteiger partial charge in [-0.2, -0.15) is 0 Å². The van der Waals surface area contributed by atoms with Crippen molar-refractivity contribution in [1.82, 2.24) is 0 Å². The van der Waals surface area contributed by atoms with Gasteiger partial charge < -0.3 is 10.1 Å². The zero-order chi connectivity index (χ0) is 16.3. The largest absolute Gasteiger partial charge is 0.496 e. The predicted octanol–water partition coefficient (Wildman–Crippen LogP) is 3.13. The number of nitrogens with one attached hydrogen (secondary N) is 1. The second-order valence-corrected chi connectivity index (χ2v) is 4.25. The Bertz CT molecular complexity index is 729. The molecule has 1 N–H and O–H groups in total. The van der Waals surface area contributed by atoms with E-state index in [2.05, 4.69) is 5.32 Å². The SMILES string of the molecule is COc1ccc(NC(=O)c2cc(F)cc(F)c2)c([N+](=O)[O-])c1. The molecule has 1 amide bonds. The lowest BCUT2D eigenvalue weighted by molar-refractivity contribution is -0.384. The fourth-order valence-electron chi connectivity index (χ4n) is 1.77. The number of amides is 1. The lowest BCUT2D eigenvalue weighted by atomic mass is 10.2. The van der Waals surface area contributed by atoms with E-state index < -0.39 is 28.2 Å². The summed E-state index contributed by atoms with van der Waals surface area (Å²) in [6, 6.07) is 6.08. The highest BCUT2D eigenvalue weighted by Crippen LogP contribution is 2.29. The van der Waals surface area contributed by atoms with Crippen LogP contribution < -0.4 is 10.1 Å². The van der Waals surface area contributed by atoms with E-state index in [1.165, 1.54) is 19.2 Å². The van der Waals surface area contributed by atoms with E-state index >= 15 is 0 Å². The van der Waals surface area contributed by atoms with Gasteiger partial charge in [0.1, 0.15) is 23.1 Å². The summed E-state index contributed by atoms with van der Waals surface area (Å²) in [5.41, 5.74) is -0.798. The lowest BCUT2D eigenvalue weighted by Crippen LogP contribution is -2.13. The summed E-state index contributed by atoms with van der Waals surface area (Å²) in [5, 5.41) is 13.2. The molecule has 2 rings (SSSR count). The molecule has 0 saturated carbocycles. The van der Waals surface area contributed by atoms with Gasteiger partial charge >= 0.3 is 0 Å². The van der Waals surface area contributed by atoms with Crippen molar-refractivity contribution in [3.8, 4) is 5.75 Å². The van der Waals surface area contributed by atoms with E-state index in [0.29, 0.717) is 6.07 Å². The standard InChI is InChI=1S/C14H10F2N2O4/c1-22-11-2-3-12(13(7-11)18(20)21)17-14(19)8-4-9(15)6-10(16)5-8/h2-7H,1H3,(H,17,19). The third-order valence-electron chi connectivity index (χ3n) is 2.77. The van der Waals surface area contributed by atoms with Crippen molar-refractivity contribution in [2.24, 2.45) is 0 Å². The van der Waals surface area contributed by atoms with Gasteiger partial charge in [0.05, 0.1) is 18.1 Å². The Morgan fingerprint density at radius 3 is 2.36 bits per heavy atom. The molecular weight excluding hydrogens is 298 g/mol. The van der Waals surface area contributed by atoms with E-state index in [4.69, 9.17) is 4.74 Å². The summed E-state index contributed by atoms with van der Waals surface area (Å²) in [7, 11) is 1.34. The van der Waals surface area contributed by atoms with E-state index in [-0.39, 0.29) is 17.0 Å². The zero-order valence-corrected chi connectivity index (χ0v) is 11.3. The molecule has 0 saturated heterocycles. The van der Waals surface area contributed by atoms with Crippen LogP contribution in [0.4, 0.5) is 20.2 Å². The number of nitrogens with zero attached hydrogens (tertiary/aromatic N) is 1. The molecule has 0 fully saturated rings. The van der Waals surface area contributed by atoms with Crippen molar-refractivity contribution in [3.63, 3.8) is 0 Å². The summed E-state index contributed by atoms with van der Waals surface area (Å²) in [5.74, 6) is -2.48. The molecular formula is C14H10F2N2O4. The molecule has 6 nitrogen and oxygen atoms in total. The van der Waals surface area contributed by atoms with Crippen molar-refractivity contribution in [2.75, 3.05) is 12.4 Å². The first kappa shape index (κ1) is 15.4. The number of anilines is 1. The van der Waals surface area contributed by atoms with Gasteiger partial charge in [0.2, 0.25) is 0 Å². The molecule has 0 aliphatic heterocycles. The Labute approximate surface area is 123 Å². The summed E-state index contributed by atoms with van der Waals surface area (Å²) in [6.45, 7) is 0. The number of rotatable bonds is 4. The molecule has 22 heavy (non-hydrogen) atoms. The maximum Gasteiger partial charge on any atom is 0.296 e. The van der Waals surface area contributed by atoms with Crippen LogP contribution in [-0.2, 0) is 0 Å². The topological polar surface area (TPSA) is 81.5 Å². The van der Waals surface area contributed by atoms with Gasteiger partial charge in [0, 0.05) is 11.6 Å². The van der Waals surface area contributed by atoms with Crippen molar-refractivity contribution >= 4 is 17.3 Å². The van der Waals surface area contributed by atoms with Gasteiger partial charge in [-0.25, -0.2) is 8.78 Å². The molecule has 0 spiro atoms. The minimum Gasteiger partial charge on any atom is -0.496 e. The van der Waals surface area contributed by atoms with Gasteiger partial charge in [-0.15, -0.1) is 0 Å². The van der Waals surface area contributed by atoms with Gasteiger partial charge in [-0.1, -0.05) is 0 Å². The molecule has 0 unspecified atom stereocenters. The maximum absolute atomic E-state index is 13.1. The molecule has 0 aromatic heterocycles. The summed E-state index contributed by atoms with van der Waals surface area (Å²) in [6.07, 6.45) is 0. The van der Waals surface area contributed by atoms with Crippen molar-refractivity contribution in [1.29, 1.82) is 0 Å². The number of halogens is 2. The van der Waals surface area contributed by atoms with Gasteiger partial charge in [0.25, 0.3) is 11.6 Å². The predicted molar refractivity (Wildman–Crippen MR) is 74.0 cm³/mol. The van der Waals surface area contributed by atoms with Crippen molar-refractivity contribution in [3.05, 3.63) is 63.7 Å². The number of nitro groups is 1. The van der Waals surface area contributed by atoms with E-state index in [1.54, 1.807) is 0 Å². The van der Waals surface area contributed by atoms with Gasteiger partial charge in [-0.3, -0.25) is 14.9 Å². The van der Waals surface area contributed by atoms with Crippen molar-refractivity contribution < 1.29 is 23.2 Å². The van der Waals surface area contributed by atoms with Gasteiger partial charge in [-0.05, 0) is 24.3 Å². The smallest absolute Gasteiger partial charge is 0.296 e. The highest BCUT2D eigenvalue weighted by molar-refractivity contribution is 6.05. The third kappa shape index (κ3) is 3.35. The van der Waals surface area contributed by atoms with Gasteiger partial charge in [0.15, 0.2) is 0 Å². The van der Waals surface area contributed by atoms with E-state index in [0.717, 1.165) is 18.2 Å². The number of nitro benzene ring substituents is 1. The number of methoxy groups -OCH3 is 1. The Morgan fingerprint density at radius 1 is 1.18 bits per heavy atom. The fourth-order valence-corrected chi connectivity index (χ4v) is 1.77. The Kier molecular flexibility index (Phi) is 4.31. The fraction of sp³-hybridized carbons (Fsp3) is 0.0714. The number of hydrogen-bond acceptors (Lipinski definition) is 4. The first-order valence-electron chi connectivity index (χ1n) is 6.00. The van der Waals surface area contributed by atoms with Crippen LogP contribution >= 0.6 is 0 Å². The number of hydrogen-bond donors (Lipinski definition) is 1. The molecule has 2 aromatic carbocycles. The first-order chi connectivity index (χ1) is 10.4. The van der Waals surface area contributed by atoms with Crippen LogP contribution in [0.25, 0.3) is 0 Å². The molecule has 114 valence electrons. The molecule has 8 heteroatoms. The number of carbonyl (C=O) groups is 1. The van der Waals surface area contributed by atoms with Crippen LogP contribution in [0.2, 0.25) is 0 Å². The van der Waals surface area contributed by atoms with Crippen molar-refractivity contribution in [2.45, 2.75) is 0 Å². The summed E-state index contributed by atoms with van der Waals surface area (Å²) in [4.78, 5) is 22.2. The van der Waals surface area contributed by atoms with Crippen LogP contribution in [-0.4, -0.2) is 17.9 Å². The van der Waals surface area contributed by atoms with Crippen LogP contribution in [0.15, 0.2) is 36.4 Å². The highest BCUT2D eigenvalue weighted by Gasteiger charge is 2.18. The first-order valence-corrected chi connectivity index (χ1v) is 6.00. The van der Waals surface area contributed by atoms with Crippen LogP contribution in [0.3, 0.4) is 0 Å². The minimum absolute atomic E-state index is 0.111. The Balaban J connectivity index is 2.33. The summed E-state index contributed by atoms with van der Waals surface area (Å²) < 4.78 is 31.0. The molecule has 0 heterocycles. The molecule has 0 atom stereocenters. The zero-order valence-electron chi connectivity index (χ0n) is 11.3. The molecule has 0 aliphatic rings. The number of carbonyl (C=O) groups excluding carboxylic acids is 1. The molecule has 0 bridgehead atoms. The molecule has 2 aromatic rings. The lowest BCUT2D eigenvalue weighted by Gasteiger charge is -2.08. The van der Waals surface area contributed by atoms with Crippen LogP contribution in [0.1, 0.15) is 10.4 Å². The highest BCUT2D eigenvalue weighted by atomic mass is 19.1. The van der Waals surface area contributed by atoms with Crippen LogP contribution in [0.5, 0.6) is 5.75 Å². The average molecular weight is 308 g/mol. The average Bonchev–Trinajstić information content (AvgIpc) is 2.46. The minimum atomic E-state index is -0.922. The van der Waals surface area contributed by atoms with Crippen LogP contribution in [0, 0.1) is 21.7 Å². The number of ether oxygens (including phenoxy) is 1. The van der Waals surface area contributed by atoms with E-state index in [1.807, 2.05) is 0 Å². The van der Waals surface area contributed by atoms with E-state index in [9.17, 15) is 23.7 Å². The quantitative estimate of drug-likeness (QED) is 0.695. The number of benzene rings is 2. The Hall–Kier alpha value is -3.03. The molecule has 0 radical (unpaired) electrons. The summed E-state index contributed by atoms with van der Waals surface area (Å²) >= 11 is 0. The Morgan fingerprint density at radius 2 is 1.82 bits per heavy atom. The molecule has 0 aliphatic carbocycles. The normalized spacial score (nSPS) is 10.1. The second-order valence-electron chi connectivity index (χ2n) is 4.25.